The minimum Gasteiger partial charge on any atom is -0.484 e. The molecule has 1 unspecified atom stereocenters. The van der Waals surface area contributed by atoms with Crippen molar-refractivity contribution in [1.82, 2.24) is 19.6 Å². The lowest BCUT2D eigenvalue weighted by Crippen LogP contribution is -2.34. The lowest BCUT2D eigenvalue weighted by molar-refractivity contribution is 0.0447. The van der Waals surface area contributed by atoms with Gasteiger partial charge in [-0.25, -0.2) is 9.50 Å². The molecule has 4 aromatic rings. The smallest absolute Gasteiger partial charge is 0.261 e. The molecule has 0 fully saturated rings. The molecule has 1 aromatic carbocycles. The van der Waals surface area contributed by atoms with E-state index in [1.807, 2.05) is 25.1 Å². The van der Waals surface area contributed by atoms with Crippen molar-refractivity contribution in [1.29, 1.82) is 0 Å². The number of aliphatic hydroxyl groups is 1. The van der Waals surface area contributed by atoms with Crippen LogP contribution in [0.3, 0.4) is 0 Å². The molecule has 0 aliphatic carbocycles. The summed E-state index contributed by atoms with van der Waals surface area (Å²) in [6.07, 6.45) is 7.26. The zero-order valence-corrected chi connectivity index (χ0v) is 18.0. The minimum absolute atomic E-state index is 0.0914. The van der Waals surface area contributed by atoms with Gasteiger partial charge in [0.05, 0.1) is 36.4 Å². The van der Waals surface area contributed by atoms with E-state index in [9.17, 15) is 9.90 Å². The zero-order valence-electron chi connectivity index (χ0n) is 18.0. The maximum atomic E-state index is 13.3. The van der Waals surface area contributed by atoms with Crippen molar-refractivity contribution in [2.24, 2.45) is 0 Å². The van der Waals surface area contributed by atoms with E-state index in [4.69, 9.17) is 4.74 Å². The number of aromatic nitrogens is 4. The van der Waals surface area contributed by atoms with Crippen molar-refractivity contribution in [3.8, 4) is 5.75 Å². The van der Waals surface area contributed by atoms with E-state index in [1.165, 1.54) is 6.20 Å². The van der Waals surface area contributed by atoms with Gasteiger partial charge in [0.2, 0.25) is 0 Å². The zero-order chi connectivity index (χ0) is 22.6. The van der Waals surface area contributed by atoms with Crippen LogP contribution in [0.25, 0.3) is 5.65 Å². The molecule has 6 rings (SSSR count). The molecule has 0 bridgehead atoms. The van der Waals surface area contributed by atoms with Crippen molar-refractivity contribution < 1.29 is 14.6 Å². The second kappa shape index (κ2) is 7.28. The average molecular weight is 442 g/mol. The second-order valence-corrected chi connectivity index (χ2v) is 8.73. The number of nitrogens with one attached hydrogen (secondary N) is 1. The normalized spacial score (nSPS) is 18.8. The summed E-state index contributed by atoms with van der Waals surface area (Å²) in [5, 5.41) is 17.1. The molecule has 5 heterocycles. The Balaban J connectivity index is 1.39. The van der Waals surface area contributed by atoms with Crippen LogP contribution in [-0.2, 0) is 19.5 Å². The van der Waals surface area contributed by atoms with Gasteiger partial charge in [0.15, 0.2) is 5.65 Å². The summed E-state index contributed by atoms with van der Waals surface area (Å²) in [6, 6.07) is 9.66. The van der Waals surface area contributed by atoms with Crippen LogP contribution in [-0.4, -0.2) is 42.8 Å². The van der Waals surface area contributed by atoms with E-state index in [0.29, 0.717) is 36.4 Å². The number of fused-ring (bicyclic) bond motifs is 3. The highest BCUT2D eigenvalue weighted by molar-refractivity contribution is 6.09. The number of anilines is 2. The van der Waals surface area contributed by atoms with Crippen molar-refractivity contribution in [2.45, 2.75) is 32.0 Å². The van der Waals surface area contributed by atoms with E-state index in [-0.39, 0.29) is 12.5 Å². The number of pyridine rings is 1. The SMILES string of the molecule is CC1(CO)Cc2cc(NC(=O)c3cnn4cccnc34)c(N3Cc4cccnc4C3)cc2O1. The third-order valence-electron chi connectivity index (χ3n) is 6.23. The van der Waals surface area contributed by atoms with Gasteiger partial charge in [-0.1, -0.05) is 6.07 Å². The van der Waals surface area contributed by atoms with Crippen LogP contribution >= 0.6 is 0 Å². The Morgan fingerprint density at radius 3 is 2.94 bits per heavy atom. The predicted molar refractivity (Wildman–Crippen MR) is 121 cm³/mol. The molecule has 9 heteroatoms. The first kappa shape index (κ1) is 19.7. The van der Waals surface area contributed by atoms with Crippen LogP contribution in [0.5, 0.6) is 5.75 Å². The Morgan fingerprint density at radius 1 is 1.21 bits per heavy atom. The van der Waals surface area contributed by atoms with Crippen LogP contribution in [0.2, 0.25) is 0 Å². The van der Waals surface area contributed by atoms with Crippen molar-refractivity contribution in [2.75, 3.05) is 16.8 Å². The number of carbonyl (C=O) groups is 1. The lowest BCUT2D eigenvalue weighted by atomic mass is 9.99. The number of benzene rings is 1. The molecule has 0 spiro atoms. The van der Waals surface area contributed by atoms with Crippen molar-refractivity contribution in [3.63, 3.8) is 0 Å². The van der Waals surface area contributed by atoms with E-state index in [1.54, 1.807) is 29.2 Å². The Bertz CT molecular complexity index is 1380. The lowest BCUT2D eigenvalue weighted by Gasteiger charge is -2.23. The van der Waals surface area contributed by atoms with Gasteiger partial charge in [0.1, 0.15) is 16.9 Å². The summed E-state index contributed by atoms with van der Waals surface area (Å²) >= 11 is 0. The summed E-state index contributed by atoms with van der Waals surface area (Å²) in [5.74, 6) is 0.435. The number of nitrogens with zero attached hydrogens (tertiary/aromatic N) is 5. The molecule has 1 atom stereocenters. The highest BCUT2D eigenvalue weighted by atomic mass is 16.5. The minimum atomic E-state index is -0.676. The topological polar surface area (TPSA) is 105 Å². The molecule has 3 aromatic heterocycles. The van der Waals surface area contributed by atoms with Crippen LogP contribution in [0.15, 0.2) is 55.1 Å². The number of ether oxygens (including phenoxy) is 1. The maximum Gasteiger partial charge on any atom is 0.261 e. The maximum absolute atomic E-state index is 13.3. The standard InChI is InChI=1S/C24H22N6O3/c1-24(14-31)10-16-8-18(28-23(32)17-11-27-30-7-3-6-26-22(17)30)20(9-21(16)33-24)29-12-15-4-2-5-25-19(15)13-29/h2-9,11,31H,10,12-14H2,1H3,(H,28,32). The number of aliphatic hydroxyl groups excluding tert-OH is 1. The molecule has 1 amide bonds. The van der Waals surface area contributed by atoms with E-state index < -0.39 is 5.60 Å². The number of carbonyl (C=O) groups excluding carboxylic acids is 1. The van der Waals surface area contributed by atoms with Gasteiger partial charge < -0.3 is 20.1 Å². The molecule has 2 N–H and O–H groups in total. The van der Waals surface area contributed by atoms with Crippen LogP contribution < -0.4 is 15.0 Å². The summed E-state index contributed by atoms with van der Waals surface area (Å²) < 4.78 is 7.65. The molecule has 9 nitrogen and oxygen atoms in total. The first-order valence-electron chi connectivity index (χ1n) is 10.8. The van der Waals surface area contributed by atoms with E-state index in [2.05, 4.69) is 31.3 Å². The van der Waals surface area contributed by atoms with Gasteiger partial charge >= 0.3 is 0 Å². The van der Waals surface area contributed by atoms with E-state index >= 15 is 0 Å². The third kappa shape index (κ3) is 3.28. The fourth-order valence-corrected chi connectivity index (χ4v) is 4.55. The van der Waals surface area contributed by atoms with Crippen molar-refractivity contribution >= 4 is 22.9 Å². The van der Waals surface area contributed by atoms with Crippen molar-refractivity contribution in [3.05, 3.63) is 77.5 Å². The number of rotatable bonds is 4. The largest absolute Gasteiger partial charge is 0.484 e. The van der Waals surface area contributed by atoms with Crippen LogP contribution in [0, 0.1) is 0 Å². The molecule has 33 heavy (non-hydrogen) atoms. The van der Waals surface area contributed by atoms with Gasteiger partial charge in [0.25, 0.3) is 5.91 Å². The Hall–Kier alpha value is -3.98. The van der Waals surface area contributed by atoms with Crippen LogP contribution in [0.1, 0.15) is 34.1 Å². The summed E-state index contributed by atoms with van der Waals surface area (Å²) in [6.45, 7) is 3.10. The second-order valence-electron chi connectivity index (χ2n) is 8.73. The Morgan fingerprint density at radius 2 is 2.09 bits per heavy atom. The summed E-state index contributed by atoms with van der Waals surface area (Å²) in [4.78, 5) is 24.2. The monoisotopic (exact) mass is 442 g/mol. The van der Waals surface area contributed by atoms with E-state index in [0.717, 1.165) is 28.3 Å². The fourth-order valence-electron chi connectivity index (χ4n) is 4.55. The molecule has 2 aliphatic rings. The molecule has 2 aliphatic heterocycles. The molecule has 0 saturated carbocycles. The number of hydrogen-bond acceptors (Lipinski definition) is 7. The Labute approximate surface area is 189 Å². The third-order valence-corrected chi connectivity index (χ3v) is 6.23. The highest BCUT2D eigenvalue weighted by Crippen LogP contribution is 2.43. The summed E-state index contributed by atoms with van der Waals surface area (Å²) in [5.41, 5.74) is 4.84. The first-order valence-corrected chi connectivity index (χ1v) is 10.8. The molecule has 0 saturated heterocycles. The highest BCUT2D eigenvalue weighted by Gasteiger charge is 2.36. The number of amides is 1. The summed E-state index contributed by atoms with van der Waals surface area (Å²) in [7, 11) is 0. The number of hydrogen-bond donors (Lipinski definition) is 2. The fraction of sp³-hybridized carbons (Fsp3) is 0.250. The van der Waals surface area contributed by atoms with Gasteiger partial charge in [-0.15, -0.1) is 0 Å². The molecular weight excluding hydrogens is 420 g/mol. The molecular formula is C24H22N6O3. The van der Waals surface area contributed by atoms with Crippen LogP contribution in [0.4, 0.5) is 11.4 Å². The Kier molecular flexibility index (Phi) is 4.34. The average Bonchev–Trinajstić information content (AvgIpc) is 3.52. The quantitative estimate of drug-likeness (QED) is 0.501. The van der Waals surface area contributed by atoms with Gasteiger partial charge in [-0.3, -0.25) is 9.78 Å². The molecule has 166 valence electrons. The van der Waals surface area contributed by atoms with Gasteiger partial charge in [-0.05, 0) is 30.7 Å². The first-order chi connectivity index (χ1) is 16.0. The molecule has 0 radical (unpaired) electrons. The van der Waals surface area contributed by atoms with Gasteiger partial charge in [0, 0.05) is 43.2 Å². The van der Waals surface area contributed by atoms with Gasteiger partial charge in [-0.2, -0.15) is 5.10 Å². The predicted octanol–water partition coefficient (Wildman–Crippen LogP) is 2.58.